The van der Waals surface area contributed by atoms with Gasteiger partial charge in [0.15, 0.2) is 0 Å². The molecular weight excluding hydrogens is 372 g/mol. The molecule has 2 aromatic carbocycles. The molecule has 0 radical (unpaired) electrons. The molecule has 2 rings (SSSR count). The molecule has 116 valence electrons. The van der Waals surface area contributed by atoms with Gasteiger partial charge in [0.25, 0.3) is 15.7 Å². The van der Waals surface area contributed by atoms with E-state index in [1.54, 1.807) is 31.2 Å². The monoisotopic (exact) mass is 384 g/mol. The summed E-state index contributed by atoms with van der Waals surface area (Å²) < 4.78 is 27.2. The van der Waals surface area contributed by atoms with E-state index >= 15 is 0 Å². The minimum atomic E-state index is -3.90. The highest BCUT2D eigenvalue weighted by Gasteiger charge is 2.26. The van der Waals surface area contributed by atoms with Crippen LogP contribution < -0.4 is 4.31 Å². The zero-order chi connectivity index (χ0) is 16.5. The van der Waals surface area contributed by atoms with Crippen molar-refractivity contribution < 1.29 is 13.3 Å². The zero-order valence-electron chi connectivity index (χ0n) is 11.9. The predicted octanol–water partition coefficient (Wildman–Crippen LogP) is 3.49. The van der Waals surface area contributed by atoms with Gasteiger partial charge in [-0.2, -0.15) is 0 Å². The Bertz CT molecular complexity index is 836. The van der Waals surface area contributed by atoms with E-state index in [4.69, 9.17) is 0 Å². The standard InChI is InChI=1S/C14H13BrN2O4S/c1-10-7-8-11(17(18)19)9-14(10)22(20,21)16(2)13-6-4-3-5-12(13)15/h3-9H,1-2H3. The van der Waals surface area contributed by atoms with Crippen LogP contribution in [0.5, 0.6) is 0 Å². The molecular formula is C14H13BrN2O4S. The summed E-state index contributed by atoms with van der Waals surface area (Å²) in [5.74, 6) is 0. The smallest absolute Gasteiger partial charge is 0.268 e. The summed E-state index contributed by atoms with van der Waals surface area (Å²) in [6, 6.07) is 10.7. The van der Waals surface area contributed by atoms with Gasteiger partial charge in [-0.15, -0.1) is 0 Å². The number of halogens is 1. The molecule has 0 aliphatic rings. The van der Waals surface area contributed by atoms with Gasteiger partial charge in [0.2, 0.25) is 0 Å². The van der Waals surface area contributed by atoms with Crippen molar-refractivity contribution >= 4 is 37.3 Å². The third-order valence-electron chi connectivity index (χ3n) is 3.21. The second kappa shape index (κ2) is 6.05. The second-order valence-corrected chi connectivity index (χ2v) is 7.42. The van der Waals surface area contributed by atoms with Crippen LogP contribution in [-0.4, -0.2) is 20.4 Å². The first-order valence-corrected chi connectivity index (χ1v) is 8.47. The molecule has 0 aliphatic heterocycles. The fraction of sp³-hybridized carbons (Fsp3) is 0.143. The second-order valence-electron chi connectivity index (χ2n) is 4.63. The number of rotatable bonds is 4. The lowest BCUT2D eigenvalue weighted by atomic mass is 10.2. The SMILES string of the molecule is Cc1ccc([N+](=O)[O-])cc1S(=O)(=O)N(C)c1ccccc1Br. The van der Waals surface area contributed by atoms with Gasteiger partial charge in [0.05, 0.1) is 15.5 Å². The quantitative estimate of drug-likeness (QED) is 0.596. The highest BCUT2D eigenvalue weighted by molar-refractivity contribution is 9.10. The van der Waals surface area contributed by atoms with Gasteiger partial charge < -0.3 is 0 Å². The summed E-state index contributed by atoms with van der Waals surface area (Å²) >= 11 is 3.30. The third-order valence-corrected chi connectivity index (χ3v) is 5.80. The van der Waals surface area contributed by atoms with Gasteiger partial charge in [-0.3, -0.25) is 14.4 Å². The fourth-order valence-electron chi connectivity index (χ4n) is 1.96. The van der Waals surface area contributed by atoms with Crippen molar-refractivity contribution in [2.24, 2.45) is 0 Å². The number of sulfonamides is 1. The first kappa shape index (κ1) is 16.4. The van der Waals surface area contributed by atoms with Crippen molar-refractivity contribution in [1.29, 1.82) is 0 Å². The van der Waals surface area contributed by atoms with Crippen LogP contribution in [0.15, 0.2) is 51.8 Å². The first-order valence-electron chi connectivity index (χ1n) is 6.23. The van der Waals surface area contributed by atoms with Gasteiger partial charge in [-0.1, -0.05) is 18.2 Å². The largest absolute Gasteiger partial charge is 0.270 e. The summed E-state index contributed by atoms with van der Waals surface area (Å²) in [7, 11) is -2.49. The van der Waals surface area contributed by atoms with Crippen molar-refractivity contribution in [2.75, 3.05) is 11.4 Å². The average molecular weight is 385 g/mol. The summed E-state index contributed by atoms with van der Waals surface area (Å²) in [5.41, 5.74) is 0.641. The number of aryl methyl sites for hydroxylation is 1. The lowest BCUT2D eigenvalue weighted by Gasteiger charge is -2.21. The molecule has 22 heavy (non-hydrogen) atoms. The van der Waals surface area contributed by atoms with Crippen molar-refractivity contribution in [1.82, 2.24) is 0 Å². The van der Waals surface area contributed by atoms with E-state index in [0.717, 1.165) is 10.4 Å². The molecule has 0 bridgehead atoms. The number of anilines is 1. The van der Waals surface area contributed by atoms with Gasteiger partial charge in [0, 0.05) is 23.7 Å². The Balaban J connectivity index is 2.58. The van der Waals surface area contributed by atoms with Crippen LogP contribution in [0.3, 0.4) is 0 Å². The average Bonchev–Trinajstić information content (AvgIpc) is 2.47. The molecule has 0 heterocycles. The first-order chi connectivity index (χ1) is 10.2. The highest BCUT2D eigenvalue weighted by atomic mass is 79.9. The number of hydrogen-bond acceptors (Lipinski definition) is 4. The topological polar surface area (TPSA) is 80.5 Å². The Morgan fingerprint density at radius 3 is 2.41 bits per heavy atom. The molecule has 0 aromatic heterocycles. The summed E-state index contributed by atoms with van der Waals surface area (Å²) in [5, 5.41) is 10.9. The summed E-state index contributed by atoms with van der Waals surface area (Å²) in [4.78, 5) is 10.2. The number of non-ortho nitro benzene ring substituents is 1. The zero-order valence-corrected chi connectivity index (χ0v) is 14.3. The number of nitrogens with zero attached hydrogens (tertiary/aromatic N) is 2. The van der Waals surface area contributed by atoms with Gasteiger partial charge >= 0.3 is 0 Å². The summed E-state index contributed by atoms with van der Waals surface area (Å²) in [6.07, 6.45) is 0. The van der Waals surface area contributed by atoms with E-state index in [2.05, 4.69) is 15.9 Å². The molecule has 2 aromatic rings. The Hall–Kier alpha value is -1.93. The van der Waals surface area contributed by atoms with E-state index in [9.17, 15) is 18.5 Å². The van der Waals surface area contributed by atoms with Gasteiger partial charge in [-0.25, -0.2) is 8.42 Å². The number of hydrogen-bond donors (Lipinski definition) is 0. The van der Waals surface area contributed by atoms with Crippen LogP contribution in [0, 0.1) is 17.0 Å². The van der Waals surface area contributed by atoms with Gasteiger partial charge in [-0.05, 0) is 40.5 Å². The van der Waals surface area contributed by atoms with Crippen LogP contribution in [-0.2, 0) is 10.0 Å². The van der Waals surface area contributed by atoms with Crippen molar-refractivity contribution in [2.45, 2.75) is 11.8 Å². The van der Waals surface area contributed by atoms with E-state index in [0.29, 0.717) is 15.7 Å². The molecule has 0 spiro atoms. The predicted molar refractivity (Wildman–Crippen MR) is 87.6 cm³/mol. The molecule has 0 atom stereocenters. The van der Waals surface area contributed by atoms with Crippen molar-refractivity contribution in [3.05, 3.63) is 62.6 Å². The molecule has 0 amide bonds. The minimum absolute atomic E-state index is 0.0834. The molecule has 0 saturated carbocycles. The summed E-state index contributed by atoms with van der Waals surface area (Å²) in [6.45, 7) is 1.60. The van der Waals surface area contributed by atoms with Crippen LogP contribution in [0.25, 0.3) is 0 Å². The van der Waals surface area contributed by atoms with Crippen LogP contribution in [0.1, 0.15) is 5.56 Å². The maximum absolute atomic E-state index is 12.8. The number of benzene rings is 2. The normalized spacial score (nSPS) is 11.2. The van der Waals surface area contributed by atoms with Gasteiger partial charge in [0.1, 0.15) is 0 Å². The highest BCUT2D eigenvalue weighted by Crippen LogP contribution is 2.31. The van der Waals surface area contributed by atoms with Crippen LogP contribution >= 0.6 is 15.9 Å². The Kier molecular flexibility index (Phi) is 4.52. The van der Waals surface area contributed by atoms with Crippen molar-refractivity contribution in [3.63, 3.8) is 0 Å². The van der Waals surface area contributed by atoms with E-state index in [-0.39, 0.29) is 10.6 Å². The minimum Gasteiger partial charge on any atom is -0.268 e. The van der Waals surface area contributed by atoms with E-state index < -0.39 is 14.9 Å². The molecule has 6 nitrogen and oxygen atoms in total. The Morgan fingerprint density at radius 2 is 1.82 bits per heavy atom. The Morgan fingerprint density at radius 1 is 1.18 bits per heavy atom. The Labute approximate surface area is 136 Å². The van der Waals surface area contributed by atoms with Crippen LogP contribution in [0.4, 0.5) is 11.4 Å². The number of nitro groups is 1. The molecule has 8 heteroatoms. The fourth-order valence-corrected chi connectivity index (χ4v) is 4.09. The lowest BCUT2D eigenvalue weighted by molar-refractivity contribution is -0.385. The maximum Gasteiger partial charge on any atom is 0.270 e. The van der Waals surface area contributed by atoms with E-state index in [1.165, 1.54) is 19.2 Å². The maximum atomic E-state index is 12.8. The number of para-hydroxylation sites is 1. The lowest BCUT2D eigenvalue weighted by Crippen LogP contribution is -2.27. The molecule has 0 saturated heterocycles. The number of nitro benzene ring substituents is 1. The molecule has 0 aliphatic carbocycles. The van der Waals surface area contributed by atoms with Crippen LogP contribution in [0.2, 0.25) is 0 Å². The molecule has 0 unspecified atom stereocenters. The molecule has 0 N–H and O–H groups in total. The third kappa shape index (κ3) is 2.97. The van der Waals surface area contributed by atoms with E-state index in [1.807, 2.05) is 0 Å². The molecule has 0 fully saturated rings. The van der Waals surface area contributed by atoms with Crippen molar-refractivity contribution in [3.8, 4) is 0 Å².